The summed E-state index contributed by atoms with van der Waals surface area (Å²) in [4.78, 5) is 12.2. The van der Waals surface area contributed by atoms with Gasteiger partial charge >= 0.3 is 6.18 Å². The highest BCUT2D eigenvalue weighted by atomic mass is 32.1. The molecule has 1 N–H and O–H groups in total. The van der Waals surface area contributed by atoms with Crippen molar-refractivity contribution in [3.05, 3.63) is 74.5 Å². The molecule has 1 aromatic heterocycles. The average Bonchev–Trinajstić information content (AvgIpc) is 3.22. The number of halogens is 7. The van der Waals surface area contributed by atoms with Crippen molar-refractivity contribution in [2.45, 2.75) is 19.7 Å². The molecule has 3 rings (SSSR count). The van der Waals surface area contributed by atoms with Gasteiger partial charge in [-0.3, -0.25) is 4.79 Å². The van der Waals surface area contributed by atoms with E-state index in [4.69, 9.17) is 9.47 Å². The number of thiophene rings is 1. The zero-order valence-corrected chi connectivity index (χ0v) is 17.7. The first kappa shape index (κ1) is 24.4. The fourth-order valence-electron chi connectivity index (χ4n) is 2.79. The van der Waals surface area contributed by atoms with Crippen LogP contribution in [0.25, 0.3) is 0 Å². The fraction of sp³-hybridized carbons (Fsp3) is 0.190. The molecular weight excluding hydrogens is 479 g/mol. The van der Waals surface area contributed by atoms with Crippen molar-refractivity contribution in [2.24, 2.45) is 0 Å². The lowest BCUT2D eigenvalue weighted by Crippen LogP contribution is -2.19. The van der Waals surface area contributed by atoms with Crippen molar-refractivity contribution in [1.29, 1.82) is 0 Å². The Morgan fingerprint density at radius 3 is 2.21 bits per heavy atom. The predicted octanol–water partition coefficient (Wildman–Crippen LogP) is 6.47. The Morgan fingerprint density at radius 1 is 1.00 bits per heavy atom. The standard InChI is InChI=1S/C21H14F7NO3S/c1-9-3-4-11(12(5-9)31-2)32-7-10-6-13(33-8-10)20(30)29-19-17(24)15(22)14(21(26,27)28)16(23)18(19)25/h3-6,8H,7H2,1-2H3,(H,29,30). The maximum atomic E-state index is 14.0. The normalized spacial score (nSPS) is 11.4. The third kappa shape index (κ3) is 5.05. The topological polar surface area (TPSA) is 47.6 Å². The largest absolute Gasteiger partial charge is 0.493 e. The van der Waals surface area contributed by atoms with Crippen LogP contribution in [0.4, 0.5) is 36.4 Å². The van der Waals surface area contributed by atoms with Gasteiger partial charge < -0.3 is 14.8 Å². The predicted molar refractivity (Wildman–Crippen MR) is 106 cm³/mol. The van der Waals surface area contributed by atoms with Crippen LogP contribution >= 0.6 is 11.3 Å². The van der Waals surface area contributed by atoms with Crippen molar-refractivity contribution >= 4 is 22.9 Å². The lowest BCUT2D eigenvalue weighted by Gasteiger charge is -2.14. The maximum absolute atomic E-state index is 14.0. The van der Waals surface area contributed by atoms with Gasteiger partial charge in [0.2, 0.25) is 0 Å². The van der Waals surface area contributed by atoms with Crippen molar-refractivity contribution in [1.82, 2.24) is 0 Å². The quantitative estimate of drug-likeness (QED) is 0.316. The summed E-state index contributed by atoms with van der Waals surface area (Å²) in [6, 6.07) is 6.49. The molecule has 0 saturated carbocycles. The lowest BCUT2D eigenvalue weighted by atomic mass is 10.1. The zero-order valence-electron chi connectivity index (χ0n) is 16.9. The van der Waals surface area contributed by atoms with Gasteiger partial charge in [-0.05, 0) is 36.1 Å². The Bertz CT molecular complexity index is 1180. The molecule has 0 fully saturated rings. The van der Waals surface area contributed by atoms with E-state index in [1.807, 2.05) is 6.92 Å². The van der Waals surface area contributed by atoms with Gasteiger partial charge in [0.15, 0.2) is 34.8 Å². The van der Waals surface area contributed by atoms with Gasteiger partial charge in [0, 0.05) is 5.56 Å². The molecule has 0 atom stereocenters. The number of hydrogen-bond acceptors (Lipinski definition) is 4. The van der Waals surface area contributed by atoms with Crippen LogP contribution in [0.15, 0.2) is 29.6 Å². The van der Waals surface area contributed by atoms with Crippen molar-refractivity contribution in [3.8, 4) is 11.5 Å². The van der Waals surface area contributed by atoms with Crippen molar-refractivity contribution in [3.63, 3.8) is 0 Å². The highest BCUT2D eigenvalue weighted by molar-refractivity contribution is 7.12. The first-order chi connectivity index (χ1) is 15.4. The Morgan fingerprint density at radius 2 is 1.64 bits per heavy atom. The van der Waals surface area contributed by atoms with Crippen LogP contribution in [0.5, 0.6) is 11.5 Å². The average molecular weight is 493 g/mol. The monoisotopic (exact) mass is 493 g/mol. The molecule has 4 nitrogen and oxygen atoms in total. The number of methoxy groups -OCH3 is 1. The van der Waals surface area contributed by atoms with Gasteiger partial charge in [0.1, 0.15) is 17.9 Å². The molecule has 176 valence electrons. The molecule has 33 heavy (non-hydrogen) atoms. The summed E-state index contributed by atoms with van der Waals surface area (Å²) in [6.45, 7) is 1.84. The summed E-state index contributed by atoms with van der Waals surface area (Å²) in [5, 5.41) is 3.06. The van der Waals surface area contributed by atoms with Gasteiger partial charge in [0.05, 0.1) is 12.0 Å². The molecule has 2 aromatic carbocycles. The van der Waals surface area contributed by atoms with Crippen molar-refractivity contribution < 1.29 is 45.0 Å². The number of anilines is 1. The number of carbonyl (C=O) groups excluding carboxylic acids is 1. The Labute approximate surface area is 186 Å². The highest BCUT2D eigenvalue weighted by Gasteiger charge is 2.42. The number of rotatable bonds is 6. The van der Waals surface area contributed by atoms with E-state index in [-0.39, 0.29) is 11.5 Å². The maximum Gasteiger partial charge on any atom is 0.422 e. The van der Waals surface area contributed by atoms with Crippen molar-refractivity contribution in [2.75, 3.05) is 12.4 Å². The second-order valence-corrected chi connectivity index (χ2v) is 7.63. The summed E-state index contributed by atoms with van der Waals surface area (Å²) in [6.07, 6.45) is -5.68. The molecular formula is C21H14F7NO3S. The third-order valence-electron chi connectivity index (χ3n) is 4.38. The van der Waals surface area contributed by atoms with Crippen LogP contribution in [0.3, 0.4) is 0 Å². The number of aryl methyl sites for hydroxylation is 1. The van der Waals surface area contributed by atoms with Crippen LogP contribution in [0.2, 0.25) is 0 Å². The SMILES string of the molecule is COc1cc(C)ccc1OCc1csc(C(=O)Nc2c(F)c(F)c(C(F)(F)F)c(F)c2F)c1. The molecule has 1 heterocycles. The summed E-state index contributed by atoms with van der Waals surface area (Å²) >= 11 is 0.816. The van der Waals surface area contributed by atoms with E-state index in [1.54, 1.807) is 23.5 Å². The number of hydrogen-bond donors (Lipinski definition) is 1. The highest BCUT2D eigenvalue weighted by Crippen LogP contribution is 2.38. The molecule has 3 aromatic rings. The minimum Gasteiger partial charge on any atom is -0.493 e. The fourth-order valence-corrected chi connectivity index (χ4v) is 3.58. The molecule has 12 heteroatoms. The van der Waals surface area contributed by atoms with Gasteiger partial charge in [-0.2, -0.15) is 13.2 Å². The molecule has 0 aliphatic carbocycles. The van der Waals surface area contributed by atoms with E-state index in [0.29, 0.717) is 17.1 Å². The minimum absolute atomic E-state index is 0.0184. The molecule has 0 aliphatic heterocycles. The summed E-state index contributed by atoms with van der Waals surface area (Å²) in [7, 11) is 1.46. The molecule has 0 radical (unpaired) electrons. The van der Waals surface area contributed by atoms with Crippen LogP contribution < -0.4 is 14.8 Å². The van der Waals surface area contributed by atoms with E-state index in [0.717, 1.165) is 16.9 Å². The Kier molecular flexibility index (Phi) is 6.86. The first-order valence-electron chi connectivity index (χ1n) is 9.03. The molecule has 0 saturated heterocycles. The number of carbonyl (C=O) groups is 1. The first-order valence-corrected chi connectivity index (χ1v) is 9.91. The van der Waals surface area contributed by atoms with E-state index in [2.05, 4.69) is 0 Å². The van der Waals surface area contributed by atoms with Gasteiger partial charge in [-0.15, -0.1) is 11.3 Å². The zero-order chi connectivity index (χ0) is 24.5. The second-order valence-electron chi connectivity index (χ2n) is 6.72. The van der Waals surface area contributed by atoms with Gasteiger partial charge in [0.25, 0.3) is 5.91 Å². The number of amides is 1. The lowest BCUT2D eigenvalue weighted by molar-refractivity contribution is -0.143. The minimum atomic E-state index is -5.68. The van der Waals surface area contributed by atoms with E-state index in [9.17, 15) is 35.5 Å². The molecule has 0 aliphatic rings. The van der Waals surface area contributed by atoms with Crippen LogP contribution in [0.1, 0.15) is 26.4 Å². The molecule has 0 bridgehead atoms. The summed E-state index contributed by atoms with van der Waals surface area (Å²) in [5.41, 5.74) is -2.99. The van der Waals surface area contributed by atoms with Crippen LogP contribution in [-0.4, -0.2) is 13.0 Å². The smallest absolute Gasteiger partial charge is 0.422 e. The molecule has 0 unspecified atom stereocenters. The second kappa shape index (κ2) is 9.30. The number of nitrogens with one attached hydrogen (secondary N) is 1. The third-order valence-corrected chi connectivity index (χ3v) is 5.35. The van der Waals surface area contributed by atoms with E-state index >= 15 is 0 Å². The van der Waals surface area contributed by atoms with E-state index in [1.165, 1.54) is 18.6 Å². The molecule has 1 amide bonds. The summed E-state index contributed by atoms with van der Waals surface area (Å²) in [5.74, 6) is -10.4. The summed E-state index contributed by atoms with van der Waals surface area (Å²) < 4.78 is 104. The number of alkyl halides is 3. The number of benzene rings is 2. The van der Waals surface area contributed by atoms with Gasteiger partial charge in [-0.25, -0.2) is 17.6 Å². The van der Waals surface area contributed by atoms with E-state index < -0.39 is 46.6 Å². The Balaban J connectivity index is 1.78. The van der Waals surface area contributed by atoms with Crippen LogP contribution in [0, 0.1) is 30.2 Å². The van der Waals surface area contributed by atoms with Gasteiger partial charge in [-0.1, -0.05) is 6.07 Å². The molecule has 0 spiro atoms. The number of ether oxygens (including phenoxy) is 2. The van der Waals surface area contributed by atoms with Crippen LogP contribution in [-0.2, 0) is 12.8 Å². The Hall–Kier alpha value is -3.28.